The molecule has 1 aliphatic carbocycles. The summed E-state index contributed by atoms with van der Waals surface area (Å²) in [6, 6.07) is 5.31. The van der Waals surface area contributed by atoms with E-state index in [1.807, 2.05) is 0 Å². The molecule has 1 fully saturated rings. The van der Waals surface area contributed by atoms with Crippen LogP contribution in [0.1, 0.15) is 44.6 Å². The van der Waals surface area contributed by atoms with Crippen molar-refractivity contribution in [3.63, 3.8) is 0 Å². The summed E-state index contributed by atoms with van der Waals surface area (Å²) >= 11 is 0. The fourth-order valence-electron chi connectivity index (χ4n) is 3.17. The molecule has 0 aromatic heterocycles. The van der Waals surface area contributed by atoms with Crippen LogP contribution >= 0.6 is 0 Å². The second-order valence-electron chi connectivity index (χ2n) is 6.78. The average molecular weight is 375 g/mol. The van der Waals surface area contributed by atoms with E-state index in [-0.39, 0.29) is 5.91 Å². The summed E-state index contributed by atoms with van der Waals surface area (Å²) < 4.78 is 15.6. The normalized spacial score (nSPS) is 16.0. The molecule has 1 saturated carbocycles. The van der Waals surface area contributed by atoms with E-state index in [9.17, 15) is 9.59 Å². The first-order valence-corrected chi connectivity index (χ1v) is 9.42. The first kappa shape index (κ1) is 20.8. The summed E-state index contributed by atoms with van der Waals surface area (Å²) in [5.41, 5.74) is 0.763. The van der Waals surface area contributed by atoms with Crippen LogP contribution in [-0.4, -0.2) is 38.7 Å². The number of hydrogen-bond donors (Lipinski definition) is 1. The predicted molar refractivity (Wildman–Crippen MR) is 104 cm³/mol. The van der Waals surface area contributed by atoms with Crippen LogP contribution in [0.25, 0.3) is 6.08 Å². The second-order valence-corrected chi connectivity index (χ2v) is 6.78. The predicted octanol–water partition coefficient (Wildman–Crippen LogP) is 3.35. The van der Waals surface area contributed by atoms with E-state index in [1.54, 1.807) is 45.4 Å². The molecule has 148 valence electrons. The van der Waals surface area contributed by atoms with Crippen molar-refractivity contribution in [1.29, 1.82) is 0 Å². The van der Waals surface area contributed by atoms with Gasteiger partial charge < -0.3 is 19.5 Å². The highest BCUT2D eigenvalue weighted by Crippen LogP contribution is 2.28. The van der Waals surface area contributed by atoms with Gasteiger partial charge in [0, 0.05) is 12.6 Å². The van der Waals surface area contributed by atoms with Gasteiger partial charge in [0.25, 0.3) is 5.91 Å². The highest BCUT2D eigenvalue weighted by atomic mass is 16.5. The minimum absolute atomic E-state index is 0.256. The Morgan fingerprint density at radius 3 is 2.52 bits per heavy atom. The Morgan fingerprint density at radius 2 is 1.85 bits per heavy atom. The minimum atomic E-state index is -0.823. The second kappa shape index (κ2) is 10.6. The largest absolute Gasteiger partial charge is 0.493 e. The van der Waals surface area contributed by atoms with Crippen molar-refractivity contribution < 1.29 is 23.8 Å². The molecule has 0 aliphatic heterocycles. The third kappa shape index (κ3) is 6.62. The van der Waals surface area contributed by atoms with Crippen LogP contribution in [0.2, 0.25) is 0 Å². The number of esters is 1. The third-order valence-electron chi connectivity index (χ3n) is 4.77. The summed E-state index contributed by atoms with van der Waals surface area (Å²) in [7, 11) is 3.11. The number of nitrogens with one attached hydrogen (secondary N) is 1. The molecule has 0 radical (unpaired) electrons. The summed E-state index contributed by atoms with van der Waals surface area (Å²) in [5.74, 6) is 0.901. The van der Waals surface area contributed by atoms with Gasteiger partial charge in [-0.3, -0.25) is 4.79 Å². The molecule has 6 heteroatoms. The van der Waals surface area contributed by atoms with Crippen molar-refractivity contribution in [3.8, 4) is 11.5 Å². The fraction of sp³-hybridized carbons (Fsp3) is 0.524. The lowest BCUT2D eigenvalue weighted by molar-refractivity contribution is -0.150. The molecule has 1 amide bonds. The van der Waals surface area contributed by atoms with Crippen LogP contribution < -0.4 is 14.8 Å². The third-order valence-corrected chi connectivity index (χ3v) is 4.77. The summed E-state index contributed by atoms with van der Waals surface area (Å²) in [6.07, 6.45) is 8.13. The Bertz CT molecular complexity index is 665. The Balaban J connectivity index is 1.81. The molecule has 0 saturated heterocycles. The van der Waals surface area contributed by atoms with Gasteiger partial charge in [0.1, 0.15) is 0 Å². The SMILES string of the molecule is COc1ccc(/C=C/C(=O)O[C@@H](C)C(=O)NCC2CCCCC2)cc1OC. The summed E-state index contributed by atoms with van der Waals surface area (Å²) in [6.45, 7) is 2.24. The van der Waals surface area contributed by atoms with Crippen molar-refractivity contribution in [3.05, 3.63) is 29.8 Å². The first-order chi connectivity index (χ1) is 13.0. The zero-order valence-corrected chi connectivity index (χ0v) is 16.3. The highest BCUT2D eigenvalue weighted by Gasteiger charge is 2.19. The van der Waals surface area contributed by atoms with Gasteiger partial charge in [-0.25, -0.2) is 4.79 Å². The maximum Gasteiger partial charge on any atom is 0.331 e. The maximum atomic E-state index is 12.1. The van der Waals surface area contributed by atoms with Gasteiger partial charge in [0.2, 0.25) is 0 Å². The molecule has 2 rings (SSSR count). The van der Waals surface area contributed by atoms with Crippen LogP contribution in [0.4, 0.5) is 0 Å². The zero-order valence-electron chi connectivity index (χ0n) is 16.3. The lowest BCUT2D eigenvalue weighted by atomic mass is 9.89. The molecule has 27 heavy (non-hydrogen) atoms. The van der Waals surface area contributed by atoms with Crippen molar-refractivity contribution >= 4 is 18.0 Å². The van der Waals surface area contributed by atoms with Crippen LogP contribution in [0.15, 0.2) is 24.3 Å². The van der Waals surface area contributed by atoms with E-state index in [2.05, 4.69) is 5.32 Å². The number of ether oxygens (including phenoxy) is 3. The minimum Gasteiger partial charge on any atom is -0.493 e. The van der Waals surface area contributed by atoms with Gasteiger partial charge in [-0.15, -0.1) is 0 Å². The van der Waals surface area contributed by atoms with Gasteiger partial charge in [-0.1, -0.05) is 25.3 Å². The molecule has 1 aromatic rings. The molecule has 1 aliphatic rings. The molecule has 0 spiro atoms. The monoisotopic (exact) mass is 375 g/mol. The molecule has 0 bridgehead atoms. The number of methoxy groups -OCH3 is 2. The Kier molecular flexibility index (Phi) is 8.17. The van der Waals surface area contributed by atoms with Crippen molar-refractivity contribution in [2.45, 2.75) is 45.1 Å². The number of rotatable bonds is 8. The number of carbonyl (C=O) groups excluding carboxylic acids is 2. The Labute approximate surface area is 160 Å². The number of carbonyl (C=O) groups is 2. The van der Waals surface area contributed by atoms with E-state index in [1.165, 1.54) is 25.3 Å². The van der Waals surface area contributed by atoms with Gasteiger partial charge in [-0.2, -0.15) is 0 Å². The quantitative estimate of drug-likeness (QED) is 0.557. The molecule has 1 N–H and O–H groups in total. The maximum absolute atomic E-state index is 12.1. The Morgan fingerprint density at radius 1 is 1.15 bits per heavy atom. The topological polar surface area (TPSA) is 73.9 Å². The summed E-state index contributed by atoms with van der Waals surface area (Å²) in [5, 5.41) is 2.89. The van der Waals surface area contributed by atoms with Crippen molar-refractivity contribution in [1.82, 2.24) is 5.32 Å². The van der Waals surface area contributed by atoms with E-state index in [0.717, 1.165) is 18.4 Å². The molecular formula is C21H29NO5. The van der Waals surface area contributed by atoms with Crippen molar-refractivity contribution in [2.24, 2.45) is 5.92 Å². The van der Waals surface area contributed by atoms with Crippen LogP contribution in [0.5, 0.6) is 11.5 Å². The number of hydrogen-bond acceptors (Lipinski definition) is 5. The molecule has 0 unspecified atom stereocenters. The number of benzene rings is 1. The van der Waals surface area contributed by atoms with Gasteiger partial charge in [0.15, 0.2) is 17.6 Å². The molecule has 1 atom stereocenters. The zero-order chi connectivity index (χ0) is 19.6. The fourth-order valence-corrected chi connectivity index (χ4v) is 3.17. The van der Waals surface area contributed by atoms with Crippen LogP contribution in [-0.2, 0) is 14.3 Å². The highest BCUT2D eigenvalue weighted by molar-refractivity contribution is 5.90. The van der Waals surface area contributed by atoms with Gasteiger partial charge in [-0.05, 0) is 49.5 Å². The number of amides is 1. The van der Waals surface area contributed by atoms with E-state index in [0.29, 0.717) is 24.0 Å². The average Bonchev–Trinajstić information content (AvgIpc) is 2.70. The van der Waals surface area contributed by atoms with Gasteiger partial charge >= 0.3 is 5.97 Å². The lowest BCUT2D eigenvalue weighted by Gasteiger charge is -2.22. The van der Waals surface area contributed by atoms with Gasteiger partial charge in [0.05, 0.1) is 14.2 Å². The van der Waals surface area contributed by atoms with Crippen molar-refractivity contribution in [2.75, 3.05) is 20.8 Å². The first-order valence-electron chi connectivity index (χ1n) is 9.42. The van der Waals surface area contributed by atoms with E-state index >= 15 is 0 Å². The molecule has 1 aromatic carbocycles. The lowest BCUT2D eigenvalue weighted by Crippen LogP contribution is -2.38. The smallest absolute Gasteiger partial charge is 0.331 e. The van der Waals surface area contributed by atoms with Crippen LogP contribution in [0, 0.1) is 5.92 Å². The molecular weight excluding hydrogens is 346 g/mol. The van der Waals surface area contributed by atoms with Crippen LogP contribution in [0.3, 0.4) is 0 Å². The molecule has 6 nitrogen and oxygen atoms in total. The Hall–Kier alpha value is -2.50. The van der Waals surface area contributed by atoms with E-state index in [4.69, 9.17) is 14.2 Å². The standard InChI is InChI=1S/C21H29NO5/c1-15(21(24)22-14-17-7-5-4-6-8-17)27-20(23)12-10-16-9-11-18(25-2)19(13-16)26-3/h9-13,15,17H,4-8,14H2,1-3H3,(H,22,24)/b12-10+/t15-/m0/s1. The van der Waals surface area contributed by atoms with E-state index < -0.39 is 12.1 Å². The summed E-state index contributed by atoms with van der Waals surface area (Å²) in [4.78, 5) is 24.1. The molecule has 0 heterocycles.